The number of hydrogen-bond acceptors (Lipinski definition) is 5. The summed E-state index contributed by atoms with van der Waals surface area (Å²) in [4.78, 5) is 10.5. The van der Waals surface area contributed by atoms with Gasteiger partial charge in [-0.25, -0.2) is 0 Å². The second-order valence-electron chi connectivity index (χ2n) is 8.44. The van der Waals surface area contributed by atoms with Crippen molar-refractivity contribution < 1.29 is 0 Å². The fraction of sp³-hybridized carbons (Fsp3) is 1.00. The largest absolute Gasteiger partial charge is 0.314 e. The van der Waals surface area contributed by atoms with E-state index < -0.39 is 0 Å². The van der Waals surface area contributed by atoms with Crippen LogP contribution in [0.2, 0.25) is 0 Å². The molecule has 23 heavy (non-hydrogen) atoms. The quantitative estimate of drug-likeness (QED) is 0.785. The molecule has 3 rings (SSSR count). The predicted molar refractivity (Wildman–Crippen MR) is 96.9 cm³/mol. The third kappa shape index (κ3) is 3.74. The van der Waals surface area contributed by atoms with Gasteiger partial charge in [0.2, 0.25) is 0 Å². The smallest absolute Gasteiger partial charge is 0.0388 e. The van der Waals surface area contributed by atoms with Crippen molar-refractivity contribution in [1.82, 2.24) is 24.9 Å². The Morgan fingerprint density at radius 3 is 2.00 bits per heavy atom. The summed E-state index contributed by atoms with van der Waals surface area (Å²) in [6, 6.07) is 2.67. The number of likely N-dealkylation sites (N-methyl/N-ethyl adjacent to an activating group) is 4. The van der Waals surface area contributed by atoms with E-state index >= 15 is 0 Å². The third-order valence-corrected chi connectivity index (χ3v) is 6.72. The zero-order valence-electron chi connectivity index (χ0n) is 15.8. The van der Waals surface area contributed by atoms with E-state index in [1.54, 1.807) is 0 Å². The second-order valence-corrected chi connectivity index (χ2v) is 8.44. The first kappa shape index (κ1) is 17.6. The summed E-state index contributed by atoms with van der Waals surface area (Å²) in [7, 11) is 9.32. The van der Waals surface area contributed by atoms with Crippen molar-refractivity contribution >= 4 is 0 Å². The van der Waals surface area contributed by atoms with Crippen molar-refractivity contribution in [1.29, 1.82) is 0 Å². The van der Waals surface area contributed by atoms with Gasteiger partial charge < -0.3 is 10.2 Å². The first-order chi connectivity index (χ1) is 11.0. The Balaban J connectivity index is 1.66. The van der Waals surface area contributed by atoms with Gasteiger partial charge in [-0.15, -0.1) is 0 Å². The maximum atomic E-state index is 3.59. The number of piperazine rings is 2. The Bertz CT molecular complexity index is 390. The van der Waals surface area contributed by atoms with Crippen LogP contribution in [0.3, 0.4) is 0 Å². The first-order valence-corrected chi connectivity index (χ1v) is 9.49. The molecule has 0 radical (unpaired) electrons. The van der Waals surface area contributed by atoms with Crippen LogP contribution in [0.1, 0.15) is 19.8 Å². The van der Waals surface area contributed by atoms with Crippen LogP contribution in [0, 0.1) is 5.92 Å². The van der Waals surface area contributed by atoms with Gasteiger partial charge in [0.05, 0.1) is 0 Å². The van der Waals surface area contributed by atoms with Crippen molar-refractivity contribution in [2.75, 3.05) is 67.5 Å². The molecule has 3 aliphatic rings. The highest BCUT2D eigenvalue weighted by Gasteiger charge is 2.41. The molecule has 0 aromatic rings. The summed E-state index contributed by atoms with van der Waals surface area (Å²) in [6.45, 7) is 9.52. The van der Waals surface area contributed by atoms with Crippen LogP contribution < -0.4 is 5.32 Å². The van der Waals surface area contributed by atoms with Gasteiger partial charge in [0, 0.05) is 56.9 Å². The van der Waals surface area contributed by atoms with Gasteiger partial charge in [-0.3, -0.25) is 14.7 Å². The van der Waals surface area contributed by atoms with Gasteiger partial charge in [-0.2, -0.15) is 0 Å². The summed E-state index contributed by atoms with van der Waals surface area (Å²) in [5.41, 5.74) is 0. The standard InChI is InChI=1S/C18H37N5/c1-14-6-8-20(2)15(10-14)17-12-23(5)18(13-22(17)4)16-11-19-7-9-21(16)3/h14-19H,6-13H2,1-5H3/t14-,15?,16?,17?,18?/m1/s1. The maximum Gasteiger partial charge on any atom is 0.0388 e. The SMILES string of the molecule is C[C@@H]1CCN(C)C(C2CN(C)C(C3CNCCN3C)CN2C)C1. The average Bonchev–Trinajstić information content (AvgIpc) is 2.52. The van der Waals surface area contributed by atoms with Crippen molar-refractivity contribution in [3.05, 3.63) is 0 Å². The van der Waals surface area contributed by atoms with Crippen molar-refractivity contribution in [2.24, 2.45) is 5.92 Å². The van der Waals surface area contributed by atoms with Crippen LogP contribution in [0.15, 0.2) is 0 Å². The number of piperidine rings is 1. The minimum absolute atomic E-state index is 0.639. The van der Waals surface area contributed by atoms with E-state index in [1.807, 2.05) is 0 Å². The van der Waals surface area contributed by atoms with Gasteiger partial charge in [-0.05, 0) is 53.5 Å². The molecule has 0 aromatic carbocycles. The summed E-state index contributed by atoms with van der Waals surface area (Å²) < 4.78 is 0. The summed E-state index contributed by atoms with van der Waals surface area (Å²) in [6.07, 6.45) is 2.72. The predicted octanol–water partition coefficient (Wildman–Crippen LogP) is 0.235. The Kier molecular flexibility index (Phi) is 5.64. The molecule has 5 nitrogen and oxygen atoms in total. The highest BCUT2D eigenvalue weighted by atomic mass is 15.4. The Labute approximate surface area is 143 Å². The average molecular weight is 324 g/mol. The molecular formula is C18H37N5. The molecule has 0 spiro atoms. The molecular weight excluding hydrogens is 286 g/mol. The molecule has 0 aliphatic carbocycles. The van der Waals surface area contributed by atoms with Crippen LogP contribution in [-0.4, -0.2) is 111 Å². The Morgan fingerprint density at radius 1 is 0.739 bits per heavy atom. The lowest BCUT2D eigenvalue weighted by atomic mass is 9.86. The lowest BCUT2D eigenvalue weighted by Gasteiger charge is -2.53. The molecule has 4 unspecified atom stereocenters. The number of rotatable bonds is 2. The molecule has 0 aromatic heterocycles. The van der Waals surface area contributed by atoms with Crippen molar-refractivity contribution in [3.8, 4) is 0 Å². The van der Waals surface area contributed by atoms with E-state index in [1.165, 1.54) is 39.0 Å². The Hall–Kier alpha value is -0.200. The van der Waals surface area contributed by atoms with E-state index in [4.69, 9.17) is 0 Å². The van der Waals surface area contributed by atoms with Gasteiger partial charge in [-0.1, -0.05) is 6.92 Å². The molecule has 5 atom stereocenters. The monoisotopic (exact) mass is 323 g/mol. The molecule has 3 fully saturated rings. The van der Waals surface area contributed by atoms with E-state index in [9.17, 15) is 0 Å². The molecule has 3 heterocycles. The lowest BCUT2D eigenvalue weighted by Crippen LogP contribution is -2.69. The van der Waals surface area contributed by atoms with E-state index in [0.29, 0.717) is 18.1 Å². The Morgan fingerprint density at radius 2 is 1.35 bits per heavy atom. The number of nitrogens with one attached hydrogen (secondary N) is 1. The normalized spacial score (nSPS) is 42.9. The molecule has 0 amide bonds. The van der Waals surface area contributed by atoms with Gasteiger partial charge in [0.15, 0.2) is 0 Å². The van der Waals surface area contributed by atoms with Gasteiger partial charge in [0.1, 0.15) is 0 Å². The molecule has 0 bridgehead atoms. The minimum atomic E-state index is 0.639. The molecule has 134 valence electrons. The fourth-order valence-electron chi connectivity index (χ4n) is 4.98. The summed E-state index contributed by atoms with van der Waals surface area (Å²) in [5.74, 6) is 0.876. The lowest BCUT2D eigenvalue weighted by molar-refractivity contribution is -0.0291. The zero-order chi connectivity index (χ0) is 16.6. The minimum Gasteiger partial charge on any atom is -0.314 e. The summed E-state index contributed by atoms with van der Waals surface area (Å²) in [5, 5.41) is 3.59. The van der Waals surface area contributed by atoms with Crippen LogP contribution in [0.25, 0.3) is 0 Å². The van der Waals surface area contributed by atoms with Crippen molar-refractivity contribution in [3.63, 3.8) is 0 Å². The maximum absolute atomic E-state index is 3.59. The number of hydrogen-bond donors (Lipinski definition) is 1. The number of likely N-dealkylation sites (tertiary alicyclic amines) is 1. The van der Waals surface area contributed by atoms with Crippen molar-refractivity contribution in [2.45, 2.75) is 43.9 Å². The highest BCUT2D eigenvalue weighted by molar-refractivity contribution is 4.99. The van der Waals surface area contributed by atoms with E-state index in [0.717, 1.165) is 25.0 Å². The van der Waals surface area contributed by atoms with Crippen LogP contribution in [-0.2, 0) is 0 Å². The second kappa shape index (κ2) is 7.36. The van der Waals surface area contributed by atoms with Crippen LogP contribution in [0.4, 0.5) is 0 Å². The summed E-state index contributed by atoms with van der Waals surface area (Å²) >= 11 is 0. The van der Waals surface area contributed by atoms with E-state index in [-0.39, 0.29) is 0 Å². The van der Waals surface area contributed by atoms with Crippen LogP contribution >= 0.6 is 0 Å². The van der Waals surface area contributed by atoms with Gasteiger partial charge >= 0.3 is 0 Å². The molecule has 5 heteroatoms. The topological polar surface area (TPSA) is 25.0 Å². The third-order valence-electron chi connectivity index (χ3n) is 6.72. The van der Waals surface area contributed by atoms with Gasteiger partial charge in [0.25, 0.3) is 0 Å². The molecule has 0 saturated carbocycles. The fourth-order valence-corrected chi connectivity index (χ4v) is 4.98. The van der Waals surface area contributed by atoms with Crippen LogP contribution in [0.5, 0.6) is 0 Å². The zero-order valence-corrected chi connectivity index (χ0v) is 15.8. The molecule has 1 N–H and O–H groups in total. The highest BCUT2D eigenvalue weighted by Crippen LogP contribution is 2.29. The molecule has 3 aliphatic heterocycles. The number of nitrogens with zero attached hydrogens (tertiary/aromatic N) is 4. The molecule has 3 saturated heterocycles. The first-order valence-electron chi connectivity index (χ1n) is 9.49. The van der Waals surface area contributed by atoms with E-state index in [2.05, 4.69) is 60.0 Å².